The molecular formula is C15H26N2S. The van der Waals surface area contributed by atoms with Crippen molar-refractivity contribution in [3.63, 3.8) is 0 Å². The standard InChI is InChI=1S/C15H26N2S/c1-13-5-3-4-6-15(13)16-8-9-17(2)11-14-7-10-18-12-14/h7,10,12-13,15-16H,3-6,8-9,11H2,1-2H3. The molecule has 1 aliphatic rings. The molecule has 2 nitrogen and oxygen atoms in total. The Balaban J connectivity index is 1.62. The molecule has 0 amide bonds. The lowest BCUT2D eigenvalue weighted by Gasteiger charge is -2.30. The minimum Gasteiger partial charge on any atom is -0.312 e. The van der Waals surface area contributed by atoms with Crippen molar-refractivity contribution < 1.29 is 0 Å². The van der Waals surface area contributed by atoms with Crippen LogP contribution in [0.25, 0.3) is 0 Å². The van der Waals surface area contributed by atoms with Crippen LogP contribution in [0.4, 0.5) is 0 Å². The van der Waals surface area contributed by atoms with Crippen molar-refractivity contribution in [3.8, 4) is 0 Å². The SMILES string of the molecule is CC1CCCCC1NCCN(C)Cc1ccsc1. The predicted octanol–water partition coefficient (Wildman–Crippen LogP) is 3.35. The third-order valence-corrected chi connectivity index (χ3v) is 4.78. The van der Waals surface area contributed by atoms with Crippen LogP contribution >= 0.6 is 11.3 Å². The maximum atomic E-state index is 3.74. The van der Waals surface area contributed by atoms with E-state index in [2.05, 4.69) is 41.0 Å². The van der Waals surface area contributed by atoms with E-state index in [1.165, 1.54) is 31.2 Å². The highest BCUT2D eigenvalue weighted by Gasteiger charge is 2.20. The predicted molar refractivity (Wildman–Crippen MR) is 80.1 cm³/mol. The van der Waals surface area contributed by atoms with E-state index in [1.807, 2.05) is 0 Å². The van der Waals surface area contributed by atoms with Gasteiger partial charge >= 0.3 is 0 Å². The molecule has 0 radical (unpaired) electrons. The van der Waals surface area contributed by atoms with Crippen molar-refractivity contribution in [2.75, 3.05) is 20.1 Å². The highest BCUT2D eigenvalue weighted by molar-refractivity contribution is 7.07. The van der Waals surface area contributed by atoms with Crippen molar-refractivity contribution in [2.24, 2.45) is 5.92 Å². The van der Waals surface area contributed by atoms with Crippen molar-refractivity contribution in [1.29, 1.82) is 0 Å². The van der Waals surface area contributed by atoms with Crippen LogP contribution in [0.3, 0.4) is 0 Å². The molecule has 0 aromatic carbocycles. The van der Waals surface area contributed by atoms with Gasteiger partial charge in [-0.25, -0.2) is 0 Å². The van der Waals surface area contributed by atoms with Crippen LogP contribution in [-0.4, -0.2) is 31.1 Å². The van der Waals surface area contributed by atoms with Crippen molar-refractivity contribution >= 4 is 11.3 Å². The molecule has 1 N–H and O–H groups in total. The Hall–Kier alpha value is -0.380. The van der Waals surface area contributed by atoms with Gasteiger partial charge in [-0.1, -0.05) is 19.8 Å². The van der Waals surface area contributed by atoms with Gasteiger partial charge in [0.1, 0.15) is 0 Å². The Morgan fingerprint density at radius 1 is 1.39 bits per heavy atom. The lowest BCUT2D eigenvalue weighted by molar-refractivity contribution is 0.258. The molecule has 0 saturated heterocycles. The molecule has 3 heteroatoms. The Labute approximate surface area is 115 Å². The van der Waals surface area contributed by atoms with Gasteiger partial charge in [-0.2, -0.15) is 11.3 Å². The minimum atomic E-state index is 0.758. The van der Waals surface area contributed by atoms with Crippen LogP contribution in [0.2, 0.25) is 0 Å². The highest BCUT2D eigenvalue weighted by atomic mass is 32.1. The summed E-state index contributed by atoms with van der Waals surface area (Å²) < 4.78 is 0. The quantitative estimate of drug-likeness (QED) is 0.849. The van der Waals surface area contributed by atoms with Crippen molar-refractivity contribution in [3.05, 3.63) is 22.4 Å². The maximum Gasteiger partial charge on any atom is 0.0239 e. The molecule has 1 aromatic rings. The summed E-state index contributed by atoms with van der Waals surface area (Å²) in [6, 6.07) is 2.98. The number of hydrogen-bond donors (Lipinski definition) is 1. The van der Waals surface area contributed by atoms with E-state index >= 15 is 0 Å². The number of nitrogens with zero attached hydrogens (tertiary/aromatic N) is 1. The van der Waals surface area contributed by atoms with Gasteiger partial charge < -0.3 is 10.2 Å². The largest absolute Gasteiger partial charge is 0.312 e. The lowest BCUT2D eigenvalue weighted by Crippen LogP contribution is -2.40. The molecule has 0 bridgehead atoms. The molecule has 1 aromatic heterocycles. The number of thiophene rings is 1. The lowest BCUT2D eigenvalue weighted by atomic mass is 9.86. The molecular weight excluding hydrogens is 240 g/mol. The third-order valence-electron chi connectivity index (χ3n) is 4.04. The van der Waals surface area contributed by atoms with Gasteiger partial charge in [0.05, 0.1) is 0 Å². The van der Waals surface area contributed by atoms with Gasteiger partial charge in [0.25, 0.3) is 0 Å². The molecule has 2 atom stereocenters. The van der Waals surface area contributed by atoms with E-state index in [0.717, 1.165) is 31.6 Å². The molecule has 102 valence electrons. The second kappa shape index (κ2) is 7.27. The first-order valence-electron chi connectivity index (χ1n) is 7.18. The summed E-state index contributed by atoms with van der Waals surface area (Å²) >= 11 is 1.79. The molecule has 1 saturated carbocycles. The van der Waals surface area contributed by atoms with Gasteiger partial charge in [-0.05, 0) is 48.2 Å². The van der Waals surface area contributed by atoms with E-state index in [-0.39, 0.29) is 0 Å². The first-order valence-corrected chi connectivity index (χ1v) is 8.13. The van der Waals surface area contributed by atoms with Crippen LogP contribution in [0.5, 0.6) is 0 Å². The average molecular weight is 266 g/mol. The molecule has 0 aliphatic heterocycles. The first kappa shape index (κ1) is 14.0. The van der Waals surface area contributed by atoms with E-state index in [1.54, 1.807) is 11.3 Å². The van der Waals surface area contributed by atoms with Gasteiger partial charge in [-0.3, -0.25) is 0 Å². The van der Waals surface area contributed by atoms with Gasteiger partial charge in [0, 0.05) is 25.7 Å². The van der Waals surface area contributed by atoms with E-state index in [9.17, 15) is 0 Å². The van der Waals surface area contributed by atoms with Crippen LogP contribution in [-0.2, 0) is 6.54 Å². The number of hydrogen-bond acceptors (Lipinski definition) is 3. The van der Waals surface area contributed by atoms with Crippen molar-refractivity contribution in [1.82, 2.24) is 10.2 Å². The van der Waals surface area contributed by atoms with Gasteiger partial charge in [-0.15, -0.1) is 0 Å². The van der Waals surface area contributed by atoms with Crippen LogP contribution < -0.4 is 5.32 Å². The van der Waals surface area contributed by atoms with Crippen molar-refractivity contribution in [2.45, 2.75) is 45.2 Å². The zero-order valence-electron chi connectivity index (χ0n) is 11.7. The van der Waals surface area contributed by atoms with Crippen LogP contribution in [0, 0.1) is 5.92 Å². The van der Waals surface area contributed by atoms with E-state index in [0.29, 0.717) is 0 Å². The summed E-state index contributed by atoms with van der Waals surface area (Å²) in [5.74, 6) is 0.862. The summed E-state index contributed by atoms with van der Waals surface area (Å²) in [5, 5.41) is 8.14. The van der Waals surface area contributed by atoms with Crippen LogP contribution in [0.15, 0.2) is 16.8 Å². The summed E-state index contributed by atoms with van der Waals surface area (Å²) in [7, 11) is 2.21. The first-order chi connectivity index (χ1) is 8.75. The molecule has 2 rings (SSSR count). The second-order valence-electron chi connectivity index (χ2n) is 5.69. The van der Waals surface area contributed by atoms with Gasteiger partial charge in [0.15, 0.2) is 0 Å². The number of likely N-dealkylation sites (N-methyl/N-ethyl adjacent to an activating group) is 1. The zero-order valence-corrected chi connectivity index (χ0v) is 12.5. The van der Waals surface area contributed by atoms with Gasteiger partial charge in [0.2, 0.25) is 0 Å². The molecule has 2 unspecified atom stereocenters. The molecule has 1 heterocycles. The Morgan fingerprint density at radius 3 is 2.94 bits per heavy atom. The normalized spacial score (nSPS) is 24.6. The summed E-state index contributed by atoms with van der Waals surface area (Å²) in [5.41, 5.74) is 1.44. The topological polar surface area (TPSA) is 15.3 Å². The Morgan fingerprint density at radius 2 is 2.22 bits per heavy atom. The minimum absolute atomic E-state index is 0.758. The molecule has 1 aliphatic carbocycles. The Bertz CT molecular complexity index is 323. The zero-order chi connectivity index (χ0) is 12.8. The fraction of sp³-hybridized carbons (Fsp3) is 0.733. The van der Waals surface area contributed by atoms with E-state index < -0.39 is 0 Å². The number of rotatable bonds is 6. The monoisotopic (exact) mass is 266 g/mol. The Kier molecular flexibility index (Phi) is 5.67. The fourth-order valence-electron chi connectivity index (χ4n) is 2.83. The number of nitrogens with one attached hydrogen (secondary N) is 1. The molecule has 1 fully saturated rings. The summed E-state index contributed by atoms with van der Waals surface area (Å²) in [6.07, 6.45) is 5.61. The van der Waals surface area contributed by atoms with Crippen LogP contribution in [0.1, 0.15) is 38.2 Å². The third kappa shape index (κ3) is 4.38. The highest BCUT2D eigenvalue weighted by Crippen LogP contribution is 2.23. The molecule has 18 heavy (non-hydrogen) atoms. The second-order valence-corrected chi connectivity index (χ2v) is 6.47. The summed E-state index contributed by atoms with van der Waals surface area (Å²) in [4.78, 5) is 2.41. The average Bonchev–Trinajstić information content (AvgIpc) is 2.84. The smallest absolute Gasteiger partial charge is 0.0239 e. The van der Waals surface area contributed by atoms with E-state index in [4.69, 9.17) is 0 Å². The maximum absolute atomic E-state index is 3.74. The molecule has 0 spiro atoms. The summed E-state index contributed by atoms with van der Waals surface area (Å²) in [6.45, 7) is 5.73. The fourth-order valence-corrected chi connectivity index (χ4v) is 3.49.